The fourth-order valence-corrected chi connectivity index (χ4v) is 12.4. The van der Waals surface area contributed by atoms with Crippen LogP contribution < -0.4 is 21.3 Å². The lowest BCUT2D eigenvalue weighted by molar-refractivity contribution is -0.157. The van der Waals surface area contributed by atoms with Gasteiger partial charge in [-0.2, -0.15) is 0 Å². The van der Waals surface area contributed by atoms with Crippen molar-refractivity contribution in [3.63, 3.8) is 0 Å². The number of allylic oxidation sites excluding steroid dienone is 1. The van der Waals surface area contributed by atoms with Crippen molar-refractivity contribution >= 4 is 35.5 Å². The monoisotopic (exact) mass is 763 g/mol. The van der Waals surface area contributed by atoms with Gasteiger partial charge in [-0.25, -0.2) is 4.79 Å². The summed E-state index contributed by atoms with van der Waals surface area (Å²) >= 11 is 0. The van der Waals surface area contributed by atoms with E-state index in [1.807, 2.05) is 6.92 Å². The van der Waals surface area contributed by atoms with Gasteiger partial charge in [0.15, 0.2) is 0 Å². The van der Waals surface area contributed by atoms with Gasteiger partial charge in [-0.05, 0) is 138 Å². The fourth-order valence-electron chi connectivity index (χ4n) is 12.4. The molecule has 5 atom stereocenters. The average molecular weight is 764 g/mol. The molecular formula is C43H65N5O7. The number of nitrogens with zero attached hydrogens (tertiary/aromatic N) is 1. The lowest BCUT2D eigenvalue weighted by atomic mass is 9.53. The predicted octanol–water partition coefficient (Wildman–Crippen LogP) is 5.09. The van der Waals surface area contributed by atoms with Gasteiger partial charge < -0.3 is 30.9 Å². The van der Waals surface area contributed by atoms with E-state index in [-0.39, 0.29) is 60.0 Å². The summed E-state index contributed by atoms with van der Waals surface area (Å²) in [4.78, 5) is 83.7. The minimum Gasteiger partial charge on any atom is -0.459 e. The maximum atomic E-state index is 14.8. The van der Waals surface area contributed by atoms with Gasteiger partial charge in [0.25, 0.3) is 5.91 Å². The molecule has 0 aromatic rings. The summed E-state index contributed by atoms with van der Waals surface area (Å²) in [6, 6.07) is -3.00. The quantitative estimate of drug-likeness (QED) is 0.103. The zero-order valence-corrected chi connectivity index (χ0v) is 33.4. The third-order valence-corrected chi connectivity index (χ3v) is 15.0. The number of carbonyl (C=O) groups excluding carboxylic acids is 6. The molecule has 0 spiro atoms. The Balaban J connectivity index is 1.01. The molecule has 5 amide bonds. The van der Waals surface area contributed by atoms with Gasteiger partial charge in [-0.1, -0.05) is 39.2 Å². The minimum atomic E-state index is -1.13. The maximum absolute atomic E-state index is 14.8. The SMILES string of the molecule is C=CCC[C@@H](NC(=O)[C@@H]1C2C(CN1C(=O)[C@@H](NC(=O)NC13CC4CC(CC(C4)C1)C3)C1CCCCC1)C2(C)C)C(=O)C(=O)NCCC(=O)OC1(C)CCCC1. The number of rotatable bonds is 15. The number of hydrogen-bond acceptors (Lipinski definition) is 7. The van der Waals surface area contributed by atoms with Crippen LogP contribution in [0.5, 0.6) is 0 Å². The third-order valence-electron chi connectivity index (χ3n) is 15.0. The van der Waals surface area contributed by atoms with Crippen LogP contribution in [0.1, 0.15) is 136 Å². The van der Waals surface area contributed by atoms with E-state index in [2.05, 4.69) is 41.7 Å². The van der Waals surface area contributed by atoms with Gasteiger partial charge in [-0.15, -0.1) is 6.58 Å². The summed E-state index contributed by atoms with van der Waals surface area (Å²) < 4.78 is 5.64. The molecule has 2 unspecified atom stereocenters. The van der Waals surface area contributed by atoms with Gasteiger partial charge >= 0.3 is 12.0 Å². The first-order valence-corrected chi connectivity index (χ1v) is 21.6. The van der Waals surface area contributed by atoms with Crippen molar-refractivity contribution in [2.45, 2.75) is 166 Å². The average Bonchev–Trinajstić information content (AvgIpc) is 3.47. The van der Waals surface area contributed by atoms with Crippen molar-refractivity contribution in [2.75, 3.05) is 13.1 Å². The molecule has 12 nitrogen and oxygen atoms in total. The Labute approximate surface area is 326 Å². The lowest BCUT2D eigenvalue weighted by Gasteiger charge is -2.56. The van der Waals surface area contributed by atoms with Crippen molar-refractivity contribution in [3.05, 3.63) is 12.7 Å². The summed E-state index contributed by atoms with van der Waals surface area (Å²) in [6.07, 6.45) is 17.3. The molecule has 7 aliphatic carbocycles. The molecule has 0 aromatic heterocycles. The van der Waals surface area contributed by atoms with E-state index in [1.54, 1.807) is 11.0 Å². The van der Waals surface area contributed by atoms with E-state index in [4.69, 9.17) is 4.74 Å². The molecule has 12 heteroatoms. The molecule has 4 N–H and O–H groups in total. The molecule has 8 rings (SSSR count). The Bertz CT molecular complexity index is 1490. The summed E-state index contributed by atoms with van der Waals surface area (Å²) in [5, 5.41) is 12.0. The molecule has 55 heavy (non-hydrogen) atoms. The van der Waals surface area contributed by atoms with Crippen molar-refractivity contribution in [1.82, 2.24) is 26.2 Å². The standard InChI is InChI=1S/C43H65N5O7/c1-5-6-14-31(36(50)38(52)44-18-15-32(49)55-42(4)16-10-11-17-42)45-37(51)35-33-30(41(33,2)3)25-48(35)39(53)34(29-12-8-7-9-13-29)46-40(54)47-43-22-26-19-27(23-43)21-28(20-26)24-43/h5,26-31,33-35H,1,6-25H2,2-4H3,(H,44,52)(H,45,51)(H2,46,47,54)/t26?,27?,28?,30?,31-,33?,34+,35+,43?/m1/s1. The van der Waals surface area contributed by atoms with Gasteiger partial charge in [0.2, 0.25) is 17.6 Å². The summed E-state index contributed by atoms with van der Waals surface area (Å²) in [5.41, 5.74) is -0.851. The van der Waals surface area contributed by atoms with Crippen LogP contribution >= 0.6 is 0 Å². The summed E-state index contributed by atoms with van der Waals surface area (Å²) in [7, 11) is 0. The molecule has 4 bridgehead atoms. The normalized spacial score (nSPS) is 33.5. The molecule has 8 aliphatic rings. The second-order valence-corrected chi connectivity index (χ2v) is 19.5. The molecule has 1 heterocycles. The van der Waals surface area contributed by atoms with E-state index < -0.39 is 47.3 Å². The smallest absolute Gasteiger partial charge is 0.315 e. The summed E-state index contributed by atoms with van der Waals surface area (Å²) in [5.74, 6) is -0.834. The first-order chi connectivity index (χ1) is 26.2. The first kappa shape index (κ1) is 39.8. The molecule has 7 saturated carbocycles. The number of carbonyl (C=O) groups is 6. The zero-order chi connectivity index (χ0) is 39.1. The van der Waals surface area contributed by atoms with E-state index >= 15 is 0 Å². The number of ether oxygens (including phenoxy) is 1. The molecule has 0 radical (unpaired) electrons. The Morgan fingerprint density at radius 1 is 0.873 bits per heavy atom. The predicted molar refractivity (Wildman–Crippen MR) is 206 cm³/mol. The van der Waals surface area contributed by atoms with Crippen molar-refractivity contribution in [2.24, 2.45) is 40.9 Å². The van der Waals surface area contributed by atoms with E-state index in [1.165, 1.54) is 19.3 Å². The van der Waals surface area contributed by atoms with Crippen molar-refractivity contribution in [3.8, 4) is 0 Å². The minimum absolute atomic E-state index is 0.0269. The van der Waals surface area contributed by atoms with Gasteiger partial charge in [-0.3, -0.25) is 24.0 Å². The van der Waals surface area contributed by atoms with Gasteiger partial charge in [0, 0.05) is 18.6 Å². The second kappa shape index (κ2) is 15.8. The number of fused-ring (bicyclic) bond motifs is 1. The highest BCUT2D eigenvalue weighted by molar-refractivity contribution is 6.38. The Morgan fingerprint density at radius 3 is 2.13 bits per heavy atom. The summed E-state index contributed by atoms with van der Waals surface area (Å²) in [6.45, 7) is 10.2. The van der Waals surface area contributed by atoms with Crippen LogP contribution in [0, 0.1) is 40.9 Å². The Hall–Kier alpha value is -3.44. The van der Waals surface area contributed by atoms with E-state index in [9.17, 15) is 28.8 Å². The molecule has 304 valence electrons. The highest BCUT2D eigenvalue weighted by atomic mass is 16.6. The number of amides is 5. The van der Waals surface area contributed by atoms with Crippen LogP contribution in [0.2, 0.25) is 0 Å². The first-order valence-electron chi connectivity index (χ1n) is 21.6. The van der Waals surface area contributed by atoms with Crippen LogP contribution in [0.4, 0.5) is 4.79 Å². The number of nitrogens with one attached hydrogen (secondary N) is 4. The number of likely N-dealkylation sites (tertiary alicyclic amines) is 1. The number of urea groups is 1. The second-order valence-electron chi connectivity index (χ2n) is 19.5. The number of Topliss-reactive ketones (excluding diaryl/α,β-unsaturated/α-hetero) is 1. The number of hydrogen-bond donors (Lipinski definition) is 4. The van der Waals surface area contributed by atoms with Crippen molar-refractivity contribution < 1.29 is 33.5 Å². The van der Waals surface area contributed by atoms with Crippen LogP contribution in [-0.2, 0) is 28.7 Å². The molecule has 0 aromatic carbocycles. The zero-order valence-electron chi connectivity index (χ0n) is 33.4. The molecule has 8 fully saturated rings. The maximum Gasteiger partial charge on any atom is 0.315 e. The highest BCUT2D eigenvalue weighted by Crippen LogP contribution is 2.65. The van der Waals surface area contributed by atoms with Crippen molar-refractivity contribution in [1.29, 1.82) is 0 Å². The van der Waals surface area contributed by atoms with E-state index in [0.717, 1.165) is 77.0 Å². The number of esters is 1. The molecular weight excluding hydrogens is 699 g/mol. The molecule has 1 saturated heterocycles. The van der Waals surface area contributed by atoms with E-state index in [0.29, 0.717) is 30.7 Å². The van der Waals surface area contributed by atoms with Crippen LogP contribution in [0.15, 0.2) is 12.7 Å². The largest absolute Gasteiger partial charge is 0.459 e. The number of ketones is 1. The van der Waals surface area contributed by atoms with Crippen LogP contribution in [-0.4, -0.2) is 82.8 Å². The Kier molecular flexibility index (Phi) is 11.5. The third kappa shape index (κ3) is 8.48. The van der Waals surface area contributed by atoms with Gasteiger partial charge in [0.1, 0.15) is 17.7 Å². The fraction of sp³-hybridized carbons (Fsp3) is 0.814. The topological polar surface area (TPSA) is 163 Å². The molecule has 1 aliphatic heterocycles. The highest BCUT2D eigenvalue weighted by Gasteiger charge is 2.70. The van der Waals surface area contributed by atoms with Crippen LogP contribution in [0.3, 0.4) is 0 Å². The van der Waals surface area contributed by atoms with Crippen LogP contribution in [0.25, 0.3) is 0 Å². The Morgan fingerprint density at radius 2 is 1.51 bits per heavy atom. The van der Waals surface area contributed by atoms with Gasteiger partial charge in [0.05, 0.1) is 12.5 Å². The lowest BCUT2D eigenvalue weighted by Crippen LogP contribution is -2.64. The number of piperidine rings is 1.